The van der Waals surface area contributed by atoms with Gasteiger partial charge in [0.25, 0.3) is 0 Å². The molecule has 0 radical (unpaired) electrons. The number of aliphatic hydroxyl groups is 1. The van der Waals surface area contributed by atoms with Gasteiger partial charge in [-0.1, -0.05) is 18.2 Å². The van der Waals surface area contributed by atoms with E-state index in [9.17, 15) is 4.79 Å². The third kappa shape index (κ3) is 3.77. The number of amides is 2. The molecule has 3 N–H and O–H groups in total. The summed E-state index contributed by atoms with van der Waals surface area (Å²) < 4.78 is 7.23. The van der Waals surface area contributed by atoms with E-state index in [1.165, 1.54) is 0 Å². The van der Waals surface area contributed by atoms with Crippen LogP contribution in [0.4, 0.5) is 10.5 Å². The van der Waals surface area contributed by atoms with E-state index in [-0.39, 0.29) is 24.6 Å². The van der Waals surface area contributed by atoms with Crippen LogP contribution in [0, 0.1) is 5.92 Å². The molecule has 1 heterocycles. The molecule has 1 aliphatic rings. The van der Waals surface area contributed by atoms with Crippen LogP contribution in [-0.2, 0) is 11.3 Å². The minimum absolute atomic E-state index is 0.0311. The number of ether oxygens (including phenoxy) is 1. The Morgan fingerprint density at radius 3 is 3.00 bits per heavy atom. The highest BCUT2D eigenvalue weighted by Gasteiger charge is 2.19. The number of fused-ring (bicyclic) bond motifs is 1. The van der Waals surface area contributed by atoms with Gasteiger partial charge in [-0.3, -0.25) is 0 Å². The lowest BCUT2D eigenvalue weighted by molar-refractivity contribution is 0.188. The summed E-state index contributed by atoms with van der Waals surface area (Å²) in [6.45, 7) is 1.53. The van der Waals surface area contributed by atoms with Gasteiger partial charge in [-0.15, -0.1) is 0 Å². The number of nitrogens with one attached hydrogen (secondary N) is 2. The van der Waals surface area contributed by atoms with E-state index in [0.29, 0.717) is 6.61 Å². The molecule has 24 heavy (non-hydrogen) atoms. The molecule has 2 amide bonds. The first kappa shape index (κ1) is 16.5. The van der Waals surface area contributed by atoms with Crippen LogP contribution in [0.15, 0.2) is 42.6 Å². The maximum atomic E-state index is 12.1. The Hall–Kier alpha value is -2.31. The fourth-order valence-electron chi connectivity index (χ4n) is 3.00. The maximum absolute atomic E-state index is 12.1. The van der Waals surface area contributed by atoms with Crippen molar-refractivity contribution in [3.63, 3.8) is 0 Å². The van der Waals surface area contributed by atoms with Crippen molar-refractivity contribution in [2.24, 2.45) is 5.92 Å². The van der Waals surface area contributed by atoms with Crippen LogP contribution < -0.4 is 10.6 Å². The summed E-state index contributed by atoms with van der Waals surface area (Å²) in [5.74, 6) is 0.135. The van der Waals surface area contributed by atoms with Crippen molar-refractivity contribution >= 4 is 22.6 Å². The Balaban J connectivity index is 1.64. The smallest absolute Gasteiger partial charge is 0.319 e. The van der Waals surface area contributed by atoms with E-state index in [1.807, 2.05) is 42.6 Å². The van der Waals surface area contributed by atoms with Crippen molar-refractivity contribution in [3.05, 3.63) is 42.6 Å². The molecule has 1 aromatic carbocycles. The summed E-state index contributed by atoms with van der Waals surface area (Å²) in [5.41, 5.74) is 1.81. The van der Waals surface area contributed by atoms with E-state index in [1.54, 1.807) is 7.11 Å². The second kappa shape index (κ2) is 7.51. The van der Waals surface area contributed by atoms with Crippen LogP contribution in [0.3, 0.4) is 0 Å². The van der Waals surface area contributed by atoms with Crippen molar-refractivity contribution < 1.29 is 14.6 Å². The minimum atomic E-state index is -0.238. The minimum Gasteiger partial charge on any atom is -0.396 e. The van der Waals surface area contributed by atoms with Gasteiger partial charge in [0.2, 0.25) is 0 Å². The van der Waals surface area contributed by atoms with E-state index >= 15 is 0 Å². The largest absolute Gasteiger partial charge is 0.396 e. The molecular weight excluding hydrogens is 306 g/mol. The number of carbonyl (C=O) groups is 1. The molecule has 0 bridgehead atoms. The Bertz CT molecular complexity index is 738. The van der Waals surface area contributed by atoms with Crippen molar-refractivity contribution in [2.75, 3.05) is 25.6 Å². The number of hydrogen-bond donors (Lipinski definition) is 3. The molecule has 0 fully saturated rings. The van der Waals surface area contributed by atoms with Gasteiger partial charge >= 0.3 is 6.03 Å². The third-order valence-corrected chi connectivity index (χ3v) is 4.29. The first-order valence-electron chi connectivity index (χ1n) is 8.14. The number of rotatable bonds is 6. The SMILES string of the molecule is COCCn1ccc2ccc(NC(=O)N[C@@H]3C=C[C@H](CO)C3)cc21. The number of nitrogens with zero attached hydrogens (tertiary/aromatic N) is 1. The lowest BCUT2D eigenvalue weighted by Crippen LogP contribution is -2.36. The molecule has 3 rings (SSSR count). The normalized spacial score (nSPS) is 19.8. The molecule has 2 aromatic rings. The summed E-state index contributed by atoms with van der Waals surface area (Å²) in [4.78, 5) is 12.1. The molecule has 6 heteroatoms. The van der Waals surface area contributed by atoms with Crippen molar-refractivity contribution in [3.8, 4) is 0 Å². The number of aliphatic hydroxyl groups excluding tert-OH is 1. The van der Waals surface area contributed by atoms with Crippen LogP contribution in [0.1, 0.15) is 6.42 Å². The Labute approximate surface area is 141 Å². The van der Waals surface area contributed by atoms with Gasteiger partial charge in [0.05, 0.1) is 12.1 Å². The number of urea groups is 1. The molecule has 1 aliphatic carbocycles. The first-order valence-corrected chi connectivity index (χ1v) is 8.14. The lowest BCUT2D eigenvalue weighted by atomic mass is 10.1. The topological polar surface area (TPSA) is 75.5 Å². The van der Waals surface area contributed by atoms with E-state index < -0.39 is 0 Å². The molecule has 128 valence electrons. The molecular formula is C18H23N3O3. The zero-order valence-corrected chi connectivity index (χ0v) is 13.7. The highest BCUT2D eigenvalue weighted by Crippen LogP contribution is 2.21. The van der Waals surface area contributed by atoms with Gasteiger partial charge in [0, 0.05) is 44.1 Å². The maximum Gasteiger partial charge on any atom is 0.319 e. The van der Waals surface area contributed by atoms with Crippen LogP contribution in [-0.4, -0.2) is 42.1 Å². The number of benzene rings is 1. The molecule has 0 spiro atoms. The molecule has 0 saturated heterocycles. The van der Waals surface area contributed by atoms with E-state index in [0.717, 1.165) is 29.6 Å². The fraction of sp³-hybridized carbons (Fsp3) is 0.389. The van der Waals surface area contributed by atoms with Gasteiger partial charge < -0.3 is 25.0 Å². The summed E-state index contributed by atoms with van der Waals surface area (Å²) >= 11 is 0. The van der Waals surface area contributed by atoms with Crippen LogP contribution in [0.2, 0.25) is 0 Å². The van der Waals surface area contributed by atoms with Gasteiger partial charge in [-0.2, -0.15) is 0 Å². The van der Waals surface area contributed by atoms with E-state index in [4.69, 9.17) is 9.84 Å². The van der Waals surface area contributed by atoms with Gasteiger partial charge in [0.1, 0.15) is 0 Å². The fourth-order valence-corrected chi connectivity index (χ4v) is 3.00. The zero-order valence-electron chi connectivity index (χ0n) is 13.7. The molecule has 1 aromatic heterocycles. The standard InChI is InChI=1S/C18H23N3O3/c1-24-9-8-21-7-6-14-3-5-16(11-17(14)21)20-18(23)19-15-4-2-13(10-15)12-22/h2-7,11,13,15,22H,8-10,12H2,1H3,(H2,19,20,23)/t13-,15+/m0/s1. The number of anilines is 1. The summed E-state index contributed by atoms with van der Waals surface area (Å²) in [6.07, 6.45) is 6.63. The Kier molecular flexibility index (Phi) is 5.17. The molecule has 0 saturated carbocycles. The average Bonchev–Trinajstić information content (AvgIpc) is 3.19. The number of carbonyl (C=O) groups excluding carboxylic acids is 1. The predicted octanol–water partition coefficient (Wildman–Crippen LogP) is 2.35. The predicted molar refractivity (Wildman–Crippen MR) is 94.1 cm³/mol. The third-order valence-electron chi connectivity index (χ3n) is 4.29. The molecule has 6 nitrogen and oxygen atoms in total. The second-order valence-electron chi connectivity index (χ2n) is 6.04. The highest BCUT2D eigenvalue weighted by molar-refractivity contribution is 5.93. The van der Waals surface area contributed by atoms with Crippen LogP contribution >= 0.6 is 0 Å². The second-order valence-corrected chi connectivity index (χ2v) is 6.04. The van der Waals surface area contributed by atoms with Crippen molar-refractivity contribution in [2.45, 2.75) is 19.0 Å². The first-order chi connectivity index (χ1) is 11.7. The summed E-state index contributed by atoms with van der Waals surface area (Å²) in [7, 11) is 1.68. The molecule has 0 unspecified atom stereocenters. The van der Waals surface area contributed by atoms with Crippen molar-refractivity contribution in [1.29, 1.82) is 0 Å². The number of hydrogen-bond acceptors (Lipinski definition) is 3. The van der Waals surface area contributed by atoms with Crippen molar-refractivity contribution in [1.82, 2.24) is 9.88 Å². The lowest BCUT2D eigenvalue weighted by Gasteiger charge is -2.14. The van der Waals surface area contributed by atoms with Gasteiger partial charge in [0.15, 0.2) is 0 Å². The van der Waals surface area contributed by atoms with Crippen LogP contribution in [0.25, 0.3) is 10.9 Å². The monoisotopic (exact) mass is 329 g/mol. The number of methoxy groups -OCH3 is 1. The number of aromatic nitrogens is 1. The van der Waals surface area contributed by atoms with Gasteiger partial charge in [-0.05, 0) is 30.0 Å². The Morgan fingerprint density at radius 2 is 2.25 bits per heavy atom. The van der Waals surface area contributed by atoms with Gasteiger partial charge in [-0.25, -0.2) is 4.79 Å². The van der Waals surface area contributed by atoms with Crippen LogP contribution in [0.5, 0.6) is 0 Å². The average molecular weight is 329 g/mol. The van der Waals surface area contributed by atoms with E-state index in [2.05, 4.69) is 15.2 Å². The Morgan fingerprint density at radius 1 is 1.38 bits per heavy atom. The summed E-state index contributed by atoms with van der Waals surface area (Å²) in [5, 5.41) is 16.0. The molecule has 0 aliphatic heterocycles. The quantitative estimate of drug-likeness (QED) is 0.712. The summed E-state index contributed by atoms with van der Waals surface area (Å²) in [6, 6.07) is 7.63. The zero-order chi connectivity index (χ0) is 16.9. The molecule has 2 atom stereocenters. The highest BCUT2D eigenvalue weighted by atomic mass is 16.5.